The number of ether oxygens (including phenoxy) is 3. The molecule has 0 unspecified atom stereocenters. The van der Waals surface area contributed by atoms with Crippen molar-refractivity contribution in [2.75, 3.05) is 25.2 Å². The van der Waals surface area contributed by atoms with E-state index < -0.39 is 17.8 Å². The Hall–Kier alpha value is -3.08. The van der Waals surface area contributed by atoms with Gasteiger partial charge in [-0.3, -0.25) is 14.9 Å². The van der Waals surface area contributed by atoms with Gasteiger partial charge < -0.3 is 14.2 Å². The molecule has 4 amide bonds. The van der Waals surface area contributed by atoms with Crippen molar-refractivity contribution in [2.45, 2.75) is 33.1 Å². The summed E-state index contributed by atoms with van der Waals surface area (Å²) in [6.07, 6.45) is 4.23. The van der Waals surface area contributed by atoms with Crippen LogP contribution in [0.25, 0.3) is 6.08 Å². The molecule has 0 radical (unpaired) electrons. The van der Waals surface area contributed by atoms with Gasteiger partial charge in [0, 0.05) is 0 Å². The van der Waals surface area contributed by atoms with Gasteiger partial charge in [0.05, 0.1) is 29.6 Å². The van der Waals surface area contributed by atoms with Gasteiger partial charge in [0.2, 0.25) is 0 Å². The van der Waals surface area contributed by atoms with E-state index in [0.29, 0.717) is 41.7 Å². The maximum atomic E-state index is 13.2. The molecule has 0 atom stereocenters. The highest BCUT2D eigenvalue weighted by Crippen LogP contribution is 2.35. The molecular formula is C25H27IN2O6. The summed E-state index contributed by atoms with van der Waals surface area (Å²) < 4.78 is 17.6. The van der Waals surface area contributed by atoms with E-state index in [2.05, 4.69) is 34.8 Å². The Bertz CT molecular complexity index is 1100. The highest BCUT2D eigenvalue weighted by molar-refractivity contribution is 14.1. The second kappa shape index (κ2) is 11.9. The lowest BCUT2D eigenvalue weighted by molar-refractivity contribution is -0.122. The molecule has 1 aliphatic rings. The zero-order valence-corrected chi connectivity index (χ0v) is 21.5. The number of methoxy groups -OCH3 is 1. The molecule has 2 aromatic rings. The average molecular weight is 578 g/mol. The number of carbonyl (C=O) groups is 3. The number of barbiturate groups is 1. The predicted molar refractivity (Wildman–Crippen MR) is 137 cm³/mol. The number of anilines is 1. The van der Waals surface area contributed by atoms with E-state index in [9.17, 15) is 14.4 Å². The first kappa shape index (κ1) is 25.5. The fraction of sp³-hybridized carbons (Fsp3) is 0.320. The summed E-state index contributed by atoms with van der Waals surface area (Å²) in [4.78, 5) is 39.1. The number of benzene rings is 2. The third-order valence-corrected chi connectivity index (χ3v) is 5.78. The molecule has 0 spiro atoms. The third-order valence-electron chi connectivity index (χ3n) is 4.98. The van der Waals surface area contributed by atoms with Gasteiger partial charge in [-0.15, -0.1) is 0 Å². The van der Waals surface area contributed by atoms with Gasteiger partial charge >= 0.3 is 6.03 Å². The van der Waals surface area contributed by atoms with Crippen molar-refractivity contribution in [3.05, 3.63) is 51.1 Å². The van der Waals surface area contributed by atoms with Crippen LogP contribution in [0.1, 0.15) is 38.7 Å². The minimum atomic E-state index is -0.803. The molecule has 1 fully saturated rings. The fourth-order valence-corrected chi connectivity index (χ4v) is 4.03. The minimum absolute atomic E-state index is 0.164. The highest BCUT2D eigenvalue weighted by atomic mass is 127. The summed E-state index contributed by atoms with van der Waals surface area (Å²) in [5, 5.41) is 2.24. The Morgan fingerprint density at radius 1 is 1.00 bits per heavy atom. The lowest BCUT2D eigenvalue weighted by Crippen LogP contribution is -2.54. The van der Waals surface area contributed by atoms with Gasteiger partial charge in [-0.25, -0.2) is 9.69 Å². The van der Waals surface area contributed by atoms with E-state index in [1.165, 1.54) is 13.2 Å². The normalized spacial score (nSPS) is 14.9. The van der Waals surface area contributed by atoms with Gasteiger partial charge in [-0.1, -0.05) is 20.3 Å². The smallest absolute Gasteiger partial charge is 0.335 e. The monoisotopic (exact) mass is 578 g/mol. The first-order chi connectivity index (χ1) is 16.4. The number of urea groups is 1. The Morgan fingerprint density at radius 3 is 2.38 bits per heavy atom. The zero-order valence-electron chi connectivity index (χ0n) is 19.4. The van der Waals surface area contributed by atoms with Gasteiger partial charge in [0.25, 0.3) is 11.8 Å². The van der Waals surface area contributed by atoms with Gasteiger partial charge in [0.15, 0.2) is 11.5 Å². The summed E-state index contributed by atoms with van der Waals surface area (Å²) in [6, 6.07) is 9.26. The lowest BCUT2D eigenvalue weighted by Gasteiger charge is -2.26. The summed E-state index contributed by atoms with van der Waals surface area (Å²) in [7, 11) is 1.52. The number of imide groups is 2. The molecule has 8 nitrogen and oxygen atoms in total. The van der Waals surface area contributed by atoms with E-state index in [-0.39, 0.29) is 5.57 Å². The van der Waals surface area contributed by atoms with Crippen molar-refractivity contribution >= 4 is 52.2 Å². The molecule has 0 saturated carbocycles. The first-order valence-corrected chi connectivity index (χ1v) is 12.1. The number of halogens is 1. The standard InChI is InChI=1S/C25H27IN2O6/c1-4-6-12-33-18-9-7-17(8-10-18)28-24(30)19(23(29)27-25(28)31)13-16-14-20(26)22(34-11-5-2)21(15-16)32-3/h7-10,13-15H,4-6,11-12H2,1-3H3,(H,27,29,31)/b19-13-. The SMILES string of the molecule is CCCCOc1ccc(N2C(=O)NC(=O)/C(=C/c3cc(I)c(OCCC)c(OC)c3)C2=O)cc1. The molecule has 1 aliphatic heterocycles. The van der Waals surface area contributed by atoms with Crippen molar-refractivity contribution < 1.29 is 28.6 Å². The van der Waals surface area contributed by atoms with Gasteiger partial charge in [0.1, 0.15) is 11.3 Å². The minimum Gasteiger partial charge on any atom is -0.494 e. The number of rotatable bonds is 10. The van der Waals surface area contributed by atoms with E-state index in [4.69, 9.17) is 14.2 Å². The number of amides is 4. The van der Waals surface area contributed by atoms with Crippen LogP contribution in [0, 0.1) is 3.57 Å². The van der Waals surface area contributed by atoms with Crippen LogP contribution in [0.15, 0.2) is 42.0 Å². The van der Waals surface area contributed by atoms with Crippen LogP contribution in [-0.4, -0.2) is 38.2 Å². The highest BCUT2D eigenvalue weighted by Gasteiger charge is 2.36. The van der Waals surface area contributed by atoms with E-state index in [1.807, 2.05) is 6.92 Å². The lowest BCUT2D eigenvalue weighted by atomic mass is 10.1. The van der Waals surface area contributed by atoms with Crippen LogP contribution in [0.5, 0.6) is 17.2 Å². The fourth-order valence-electron chi connectivity index (χ4n) is 3.25. The maximum Gasteiger partial charge on any atom is 0.335 e. The number of nitrogens with one attached hydrogen (secondary N) is 1. The van der Waals surface area contributed by atoms with Crippen molar-refractivity contribution in [2.24, 2.45) is 0 Å². The topological polar surface area (TPSA) is 94.2 Å². The third kappa shape index (κ3) is 5.88. The number of nitrogens with zero attached hydrogens (tertiary/aromatic N) is 1. The van der Waals surface area contributed by atoms with Crippen LogP contribution in [0.3, 0.4) is 0 Å². The largest absolute Gasteiger partial charge is 0.494 e. The van der Waals surface area contributed by atoms with Crippen LogP contribution in [0.2, 0.25) is 0 Å². The second-order valence-corrected chi connectivity index (χ2v) is 8.70. The van der Waals surface area contributed by atoms with Crippen LogP contribution in [-0.2, 0) is 9.59 Å². The Morgan fingerprint density at radius 2 is 1.74 bits per heavy atom. The summed E-state index contributed by atoms with van der Waals surface area (Å²) in [6.45, 7) is 5.20. The number of carbonyl (C=O) groups excluding carboxylic acids is 3. The second-order valence-electron chi connectivity index (χ2n) is 7.54. The first-order valence-electron chi connectivity index (χ1n) is 11.0. The van der Waals surface area contributed by atoms with E-state index in [1.54, 1.807) is 36.4 Å². The van der Waals surface area contributed by atoms with Crippen LogP contribution in [0.4, 0.5) is 10.5 Å². The van der Waals surface area contributed by atoms with Gasteiger partial charge in [-0.2, -0.15) is 0 Å². The summed E-state index contributed by atoms with van der Waals surface area (Å²) in [5.41, 5.74) is 0.736. The average Bonchev–Trinajstić information content (AvgIpc) is 2.81. The van der Waals surface area contributed by atoms with Crippen molar-refractivity contribution in [1.82, 2.24) is 5.32 Å². The molecule has 180 valence electrons. The number of hydrogen-bond acceptors (Lipinski definition) is 6. The quantitative estimate of drug-likeness (QED) is 0.186. The van der Waals surface area contributed by atoms with Crippen molar-refractivity contribution in [3.63, 3.8) is 0 Å². The molecule has 9 heteroatoms. The molecule has 3 rings (SSSR count). The Kier molecular flexibility index (Phi) is 8.91. The molecule has 2 aromatic carbocycles. The molecule has 0 aromatic heterocycles. The summed E-state index contributed by atoms with van der Waals surface area (Å²) in [5.74, 6) is 0.257. The van der Waals surface area contributed by atoms with E-state index in [0.717, 1.165) is 27.7 Å². The zero-order chi connectivity index (χ0) is 24.7. The van der Waals surface area contributed by atoms with Gasteiger partial charge in [-0.05, 0) is 83.5 Å². The van der Waals surface area contributed by atoms with Crippen molar-refractivity contribution in [1.29, 1.82) is 0 Å². The summed E-state index contributed by atoms with van der Waals surface area (Å²) >= 11 is 2.11. The molecule has 0 aliphatic carbocycles. The Labute approximate surface area is 212 Å². The molecule has 1 heterocycles. The molecule has 0 bridgehead atoms. The predicted octanol–water partition coefficient (Wildman–Crippen LogP) is 4.93. The molecule has 1 saturated heterocycles. The number of hydrogen-bond donors (Lipinski definition) is 1. The molecular weight excluding hydrogens is 551 g/mol. The Balaban J connectivity index is 1.89. The van der Waals surface area contributed by atoms with Crippen LogP contribution >= 0.6 is 22.6 Å². The van der Waals surface area contributed by atoms with Crippen LogP contribution < -0.4 is 24.4 Å². The van der Waals surface area contributed by atoms with E-state index >= 15 is 0 Å². The molecule has 34 heavy (non-hydrogen) atoms. The number of unbranched alkanes of at least 4 members (excludes halogenated alkanes) is 1. The molecule has 1 N–H and O–H groups in total. The van der Waals surface area contributed by atoms with Crippen molar-refractivity contribution in [3.8, 4) is 17.2 Å². The maximum absolute atomic E-state index is 13.2.